The molecule has 1 aromatic heterocycles. The van der Waals surface area contributed by atoms with Gasteiger partial charge in [0.05, 0.1) is 12.4 Å². The summed E-state index contributed by atoms with van der Waals surface area (Å²) in [5, 5.41) is 17.3. The second kappa shape index (κ2) is 17.0. The van der Waals surface area contributed by atoms with Gasteiger partial charge in [0.2, 0.25) is 23.6 Å². The van der Waals surface area contributed by atoms with Gasteiger partial charge in [-0.3, -0.25) is 24.2 Å². The van der Waals surface area contributed by atoms with Crippen molar-refractivity contribution < 1.29 is 29.1 Å². The minimum absolute atomic E-state index is 0.0224. The second-order valence-corrected chi connectivity index (χ2v) is 9.55. The van der Waals surface area contributed by atoms with E-state index in [-0.39, 0.29) is 51.0 Å². The van der Waals surface area contributed by atoms with Gasteiger partial charge in [0, 0.05) is 37.7 Å². The van der Waals surface area contributed by atoms with Gasteiger partial charge < -0.3 is 49.0 Å². The number of carboxylic acids is 1. The molecular formula is C26H38N10O6. The number of nitrogens with two attached hydrogens (primary N) is 4. The Balaban J connectivity index is 2.22. The van der Waals surface area contributed by atoms with E-state index in [2.05, 4.69) is 30.9 Å². The van der Waals surface area contributed by atoms with Gasteiger partial charge in [0.15, 0.2) is 5.96 Å². The number of aliphatic carboxylic acids is 1. The average molecular weight is 587 g/mol. The fourth-order valence-corrected chi connectivity index (χ4v) is 3.90. The highest BCUT2D eigenvalue weighted by Crippen LogP contribution is 2.08. The summed E-state index contributed by atoms with van der Waals surface area (Å²) in [5.74, 6) is -4.21. The van der Waals surface area contributed by atoms with Gasteiger partial charge in [-0.2, -0.15) is 0 Å². The van der Waals surface area contributed by atoms with Crippen LogP contribution < -0.4 is 38.9 Å². The summed E-state index contributed by atoms with van der Waals surface area (Å²) >= 11 is 0. The number of primary amides is 1. The van der Waals surface area contributed by atoms with Gasteiger partial charge in [-0.25, -0.2) is 9.78 Å². The number of hydrogen-bond donors (Lipinski definition) is 9. The van der Waals surface area contributed by atoms with Crippen LogP contribution in [0.1, 0.15) is 36.9 Å². The van der Waals surface area contributed by atoms with Crippen LogP contribution in [0.4, 0.5) is 0 Å². The van der Waals surface area contributed by atoms with Crippen molar-refractivity contribution in [3.63, 3.8) is 0 Å². The van der Waals surface area contributed by atoms with Crippen LogP contribution in [0.2, 0.25) is 0 Å². The number of carboxylic acid groups (broad SMARTS) is 1. The number of aromatic amines is 1. The molecule has 13 N–H and O–H groups in total. The van der Waals surface area contributed by atoms with Crippen LogP contribution in [0.15, 0.2) is 47.8 Å². The number of carbonyl (C=O) groups is 5. The standard InChI is InChI=1S/C26H38N10O6/c27-17(8-9-21(28)37)22(38)35-19(11-15-5-2-1-3-6-15)23(39)36-20(12-16-13-31-14-33-16)24(40)34-18(25(41)42)7-4-10-32-26(29)30/h1-3,5-6,13-14,17-20H,4,7-12,27H2,(H2,28,37)(H,31,33)(H,34,40)(H,35,38)(H,36,39)(H,41,42)(H4,29,30,32). The zero-order valence-electron chi connectivity index (χ0n) is 23.0. The van der Waals surface area contributed by atoms with Crippen LogP contribution in [0.3, 0.4) is 0 Å². The summed E-state index contributed by atoms with van der Waals surface area (Å²) < 4.78 is 0. The molecule has 4 unspecified atom stereocenters. The van der Waals surface area contributed by atoms with Crippen LogP contribution in [-0.2, 0) is 36.8 Å². The number of hydrogen-bond acceptors (Lipinski definition) is 8. The third-order valence-electron chi connectivity index (χ3n) is 6.13. The Morgan fingerprint density at radius 1 is 0.881 bits per heavy atom. The maximum atomic E-state index is 13.5. The Kier molecular flexibility index (Phi) is 13.4. The molecule has 4 atom stereocenters. The van der Waals surface area contributed by atoms with Crippen molar-refractivity contribution in [1.29, 1.82) is 0 Å². The van der Waals surface area contributed by atoms with E-state index >= 15 is 0 Å². The summed E-state index contributed by atoms with van der Waals surface area (Å²) in [7, 11) is 0. The predicted octanol–water partition coefficient (Wildman–Crippen LogP) is -2.62. The number of aromatic nitrogens is 2. The largest absolute Gasteiger partial charge is 0.480 e. The molecule has 0 aliphatic carbocycles. The fraction of sp³-hybridized carbons (Fsp3) is 0.423. The number of benzene rings is 1. The first-order valence-electron chi connectivity index (χ1n) is 13.2. The maximum absolute atomic E-state index is 13.5. The summed E-state index contributed by atoms with van der Waals surface area (Å²) in [5.41, 5.74) is 22.8. The molecule has 1 aromatic carbocycles. The molecule has 0 aliphatic rings. The minimum Gasteiger partial charge on any atom is -0.480 e. The maximum Gasteiger partial charge on any atom is 0.326 e. The van der Waals surface area contributed by atoms with Crippen molar-refractivity contribution >= 4 is 35.6 Å². The van der Waals surface area contributed by atoms with Gasteiger partial charge in [-0.15, -0.1) is 0 Å². The molecule has 0 radical (unpaired) electrons. The van der Waals surface area contributed by atoms with Crippen LogP contribution in [0, 0.1) is 0 Å². The smallest absolute Gasteiger partial charge is 0.326 e. The first kappa shape index (κ1) is 33.2. The molecule has 2 rings (SSSR count). The molecule has 42 heavy (non-hydrogen) atoms. The number of nitrogens with one attached hydrogen (secondary N) is 4. The Morgan fingerprint density at radius 2 is 1.50 bits per heavy atom. The highest BCUT2D eigenvalue weighted by atomic mass is 16.4. The van der Waals surface area contributed by atoms with Crippen LogP contribution in [0.5, 0.6) is 0 Å². The van der Waals surface area contributed by atoms with E-state index in [0.29, 0.717) is 11.3 Å². The first-order chi connectivity index (χ1) is 20.0. The van der Waals surface area contributed by atoms with Crippen molar-refractivity contribution in [2.24, 2.45) is 27.9 Å². The molecule has 4 amide bonds. The summed E-state index contributed by atoms with van der Waals surface area (Å²) in [4.78, 5) is 73.1. The van der Waals surface area contributed by atoms with Crippen LogP contribution in [0.25, 0.3) is 0 Å². The Labute approximate surface area is 242 Å². The zero-order chi connectivity index (χ0) is 31.1. The number of guanidine groups is 1. The lowest BCUT2D eigenvalue weighted by Gasteiger charge is -2.25. The van der Waals surface area contributed by atoms with Gasteiger partial charge in [0.1, 0.15) is 18.1 Å². The minimum atomic E-state index is -1.28. The monoisotopic (exact) mass is 586 g/mol. The Bertz CT molecular complexity index is 1220. The molecule has 16 nitrogen and oxygen atoms in total. The first-order valence-corrected chi connectivity index (χ1v) is 13.2. The molecule has 1 heterocycles. The fourth-order valence-electron chi connectivity index (χ4n) is 3.90. The Morgan fingerprint density at radius 3 is 2.07 bits per heavy atom. The zero-order valence-corrected chi connectivity index (χ0v) is 23.0. The van der Waals surface area contributed by atoms with Crippen molar-refractivity contribution in [3.8, 4) is 0 Å². The van der Waals surface area contributed by atoms with Gasteiger partial charge in [-0.1, -0.05) is 30.3 Å². The molecule has 0 saturated heterocycles. The van der Waals surface area contributed by atoms with E-state index in [1.807, 2.05) is 0 Å². The topological polar surface area (TPSA) is 287 Å². The van der Waals surface area contributed by atoms with E-state index in [1.54, 1.807) is 30.3 Å². The number of carbonyl (C=O) groups excluding carboxylic acids is 4. The third-order valence-corrected chi connectivity index (χ3v) is 6.13. The van der Waals surface area contributed by atoms with Crippen molar-refractivity contribution in [2.75, 3.05) is 6.54 Å². The van der Waals surface area contributed by atoms with Gasteiger partial charge in [0.25, 0.3) is 0 Å². The molecule has 0 saturated carbocycles. The van der Waals surface area contributed by atoms with Crippen LogP contribution >= 0.6 is 0 Å². The average Bonchev–Trinajstić information content (AvgIpc) is 3.45. The van der Waals surface area contributed by atoms with Crippen molar-refractivity contribution in [1.82, 2.24) is 25.9 Å². The Hall–Kier alpha value is -4.99. The molecular weight excluding hydrogens is 548 g/mol. The van der Waals surface area contributed by atoms with Gasteiger partial charge >= 0.3 is 5.97 Å². The van der Waals surface area contributed by atoms with Crippen molar-refractivity contribution in [2.45, 2.75) is 62.7 Å². The number of rotatable bonds is 18. The molecule has 2 aromatic rings. The predicted molar refractivity (Wildman–Crippen MR) is 152 cm³/mol. The normalized spacial score (nSPS) is 13.5. The van der Waals surface area contributed by atoms with E-state index in [1.165, 1.54) is 12.5 Å². The molecule has 0 fully saturated rings. The molecule has 0 bridgehead atoms. The van der Waals surface area contributed by atoms with Crippen molar-refractivity contribution in [3.05, 3.63) is 54.1 Å². The number of amides is 4. The number of nitrogens with zero attached hydrogens (tertiary/aromatic N) is 2. The lowest BCUT2D eigenvalue weighted by atomic mass is 10.0. The molecule has 228 valence electrons. The summed E-state index contributed by atoms with van der Waals surface area (Å²) in [6.45, 7) is 0.165. The molecule has 16 heteroatoms. The number of aliphatic imine (C=N–C) groups is 1. The second-order valence-electron chi connectivity index (χ2n) is 9.55. The highest BCUT2D eigenvalue weighted by molar-refractivity contribution is 5.94. The number of imidazole rings is 1. The highest BCUT2D eigenvalue weighted by Gasteiger charge is 2.31. The molecule has 0 spiro atoms. The number of H-pyrrole nitrogens is 1. The SMILES string of the molecule is NC(=O)CCC(N)C(=O)NC(Cc1ccccc1)C(=O)NC(Cc1cnc[nH]1)C(=O)NC(CCCN=C(N)N)C(=O)O. The quantitative estimate of drug-likeness (QED) is 0.0498. The van der Waals surface area contributed by atoms with E-state index < -0.39 is 53.8 Å². The van der Waals surface area contributed by atoms with E-state index in [9.17, 15) is 29.1 Å². The lowest BCUT2D eigenvalue weighted by Crippen LogP contribution is -2.58. The van der Waals surface area contributed by atoms with E-state index in [0.717, 1.165) is 0 Å². The molecule has 0 aliphatic heterocycles. The summed E-state index contributed by atoms with van der Waals surface area (Å²) in [6.07, 6.45) is 3.01. The van der Waals surface area contributed by atoms with Gasteiger partial charge in [-0.05, 0) is 24.8 Å². The third kappa shape index (κ3) is 12.0. The lowest BCUT2D eigenvalue weighted by molar-refractivity contribution is -0.142. The van der Waals surface area contributed by atoms with E-state index in [4.69, 9.17) is 22.9 Å². The van der Waals surface area contributed by atoms with Crippen LogP contribution in [-0.4, -0.2) is 81.3 Å². The summed E-state index contributed by atoms with van der Waals surface area (Å²) in [6, 6.07) is 4.04.